The monoisotopic (exact) mass is 467 g/mol. The zero-order valence-electron chi connectivity index (χ0n) is 17.3. The van der Waals surface area contributed by atoms with Crippen LogP contribution in [0.5, 0.6) is 5.75 Å². The summed E-state index contributed by atoms with van der Waals surface area (Å²) in [4.78, 5) is 0. The Labute approximate surface area is 189 Å². The fourth-order valence-electron chi connectivity index (χ4n) is 3.25. The van der Waals surface area contributed by atoms with Gasteiger partial charge in [0.1, 0.15) is 5.75 Å². The number of benzene rings is 3. The first kappa shape index (κ1) is 23.3. The van der Waals surface area contributed by atoms with E-state index in [0.717, 1.165) is 17.2 Å². The molecule has 3 rings (SSSR count). The molecular formula is C24H22Cl2F3NO. The smallest absolute Gasteiger partial charge is 0.406 e. The van der Waals surface area contributed by atoms with Crippen LogP contribution in [0, 0.1) is 0 Å². The van der Waals surface area contributed by atoms with Crippen molar-refractivity contribution in [2.45, 2.75) is 39.0 Å². The Morgan fingerprint density at radius 1 is 0.871 bits per heavy atom. The maximum absolute atomic E-state index is 12.4. The van der Waals surface area contributed by atoms with Crippen molar-refractivity contribution in [2.75, 3.05) is 5.73 Å². The fourth-order valence-corrected chi connectivity index (χ4v) is 3.88. The normalized spacial score (nSPS) is 12.1. The minimum Gasteiger partial charge on any atom is -0.406 e. The summed E-state index contributed by atoms with van der Waals surface area (Å²) in [6, 6.07) is 15.5. The zero-order chi connectivity index (χ0) is 23.0. The van der Waals surface area contributed by atoms with Gasteiger partial charge in [-0.3, -0.25) is 0 Å². The van der Waals surface area contributed by atoms with Gasteiger partial charge in [-0.05, 0) is 51.9 Å². The molecule has 0 aliphatic heterocycles. The first-order valence-electron chi connectivity index (χ1n) is 9.56. The zero-order valence-corrected chi connectivity index (χ0v) is 18.8. The van der Waals surface area contributed by atoms with Crippen LogP contribution in [0.25, 0.3) is 11.1 Å². The quantitative estimate of drug-likeness (QED) is 0.394. The lowest BCUT2D eigenvalue weighted by atomic mass is 9.86. The molecule has 0 heterocycles. The first-order chi connectivity index (χ1) is 14.3. The van der Waals surface area contributed by atoms with Crippen LogP contribution in [0.4, 0.5) is 18.9 Å². The van der Waals surface area contributed by atoms with E-state index >= 15 is 0 Å². The molecule has 3 aromatic rings. The Kier molecular flexibility index (Phi) is 6.49. The molecule has 0 saturated heterocycles. The molecule has 0 fully saturated rings. The molecule has 0 radical (unpaired) electrons. The summed E-state index contributed by atoms with van der Waals surface area (Å²) < 4.78 is 41.1. The van der Waals surface area contributed by atoms with Crippen molar-refractivity contribution in [1.29, 1.82) is 0 Å². The third kappa shape index (κ3) is 5.86. The average Bonchev–Trinajstić information content (AvgIpc) is 2.63. The summed E-state index contributed by atoms with van der Waals surface area (Å²) in [6.45, 7) is 6.46. The standard InChI is InChI=1S/C24H22Cl2F3NO/c1-23(2,3)16-6-4-14(5-7-16)10-19-20(25)11-15(12-21(19)26)18-9-8-17(13-22(18)30)31-24(27,28)29/h4-9,11-13H,10,30H2,1-3H3. The van der Waals surface area contributed by atoms with Crippen LogP contribution >= 0.6 is 23.2 Å². The summed E-state index contributed by atoms with van der Waals surface area (Å²) in [5.74, 6) is -0.388. The van der Waals surface area contributed by atoms with Gasteiger partial charge >= 0.3 is 6.36 Å². The predicted octanol–water partition coefficient (Wildman–Crippen LogP) is 8.03. The molecule has 0 saturated carbocycles. The lowest BCUT2D eigenvalue weighted by molar-refractivity contribution is -0.274. The molecule has 31 heavy (non-hydrogen) atoms. The van der Waals surface area contributed by atoms with Gasteiger partial charge in [0, 0.05) is 33.8 Å². The van der Waals surface area contributed by atoms with E-state index in [1.54, 1.807) is 12.1 Å². The molecule has 0 aliphatic carbocycles. The van der Waals surface area contributed by atoms with E-state index < -0.39 is 6.36 Å². The Bertz CT molecular complexity index is 1060. The van der Waals surface area contributed by atoms with Crippen molar-refractivity contribution in [2.24, 2.45) is 0 Å². The molecule has 0 unspecified atom stereocenters. The fraction of sp³-hybridized carbons (Fsp3) is 0.250. The topological polar surface area (TPSA) is 35.2 Å². The molecule has 7 heteroatoms. The van der Waals surface area contributed by atoms with Crippen LogP contribution in [0.15, 0.2) is 54.6 Å². The van der Waals surface area contributed by atoms with Gasteiger partial charge in [-0.2, -0.15) is 0 Å². The highest BCUT2D eigenvalue weighted by molar-refractivity contribution is 6.36. The molecule has 2 nitrogen and oxygen atoms in total. The van der Waals surface area contributed by atoms with Gasteiger partial charge in [0.25, 0.3) is 0 Å². The number of alkyl halides is 3. The Morgan fingerprint density at radius 3 is 1.94 bits per heavy atom. The van der Waals surface area contributed by atoms with Gasteiger partial charge in [-0.25, -0.2) is 0 Å². The molecule has 0 aromatic heterocycles. The number of rotatable bonds is 4. The second kappa shape index (κ2) is 8.64. The number of nitrogens with two attached hydrogens (primary N) is 1. The Balaban J connectivity index is 1.87. The van der Waals surface area contributed by atoms with Gasteiger partial charge in [-0.1, -0.05) is 68.2 Å². The lowest BCUT2D eigenvalue weighted by Gasteiger charge is -2.19. The molecule has 164 valence electrons. The van der Waals surface area contributed by atoms with E-state index in [-0.39, 0.29) is 16.9 Å². The minimum atomic E-state index is -4.78. The maximum Gasteiger partial charge on any atom is 0.573 e. The molecule has 3 aromatic carbocycles. The number of anilines is 1. The SMILES string of the molecule is CC(C)(C)c1ccc(Cc2c(Cl)cc(-c3ccc(OC(F)(F)F)cc3N)cc2Cl)cc1. The van der Waals surface area contributed by atoms with Crippen LogP contribution in [0.3, 0.4) is 0 Å². The number of ether oxygens (including phenoxy) is 1. The van der Waals surface area contributed by atoms with Crippen molar-refractivity contribution in [3.63, 3.8) is 0 Å². The van der Waals surface area contributed by atoms with E-state index in [0.29, 0.717) is 27.6 Å². The summed E-state index contributed by atoms with van der Waals surface area (Å²) in [7, 11) is 0. The molecule has 0 aliphatic rings. The largest absolute Gasteiger partial charge is 0.573 e. The Hall–Kier alpha value is -2.37. The van der Waals surface area contributed by atoms with Crippen molar-refractivity contribution in [3.8, 4) is 16.9 Å². The van der Waals surface area contributed by atoms with Crippen LogP contribution in [0.2, 0.25) is 10.0 Å². The summed E-state index contributed by atoms with van der Waals surface area (Å²) >= 11 is 13.0. The maximum atomic E-state index is 12.4. The van der Waals surface area contributed by atoms with Gasteiger partial charge in [0.2, 0.25) is 0 Å². The lowest BCUT2D eigenvalue weighted by Crippen LogP contribution is -2.17. The number of halogens is 5. The third-order valence-corrected chi connectivity index (χ3v) is 5.58. The van der Waals surface area contributed by atoms with E-state index in [9.17, 15) is 13.2 Å². The van der Waals surface area contributed by atoms with Crippen molar-refractivity contribution in [3.05, 3.63) is 81.3 Å². The van der Waals surface area contributed by atoms with Crippen LogP contribution in [0.1, 0.15) is 37.5 Å². The molecule has 2 N–H and O–H groups in total. The number of hydrogen-bond donors (Lipinski definition) is 1. The summed E-state index contributed by atoms with van der Waals surface area (Å²) in [5.41, 5.74) is 10.3. The van der Waals surface area contributed by atoms with Gasteiger partial charge in [-0.15, -0.1) is 13.2 Å². The number of nitrogen functional groups attached to an aromatic ring is 1. The number of hydrogen-bond acceptors (Lipinski definition) is 2. The van der Waals surface area contributed by atoms with E-state index in [2.05, 4.69) is 49.8 Å². The van der Waals surface area contributed by atoms with Crippen LogP contribution in [-0.2, 0) is 11.8 Å². The predicted molar refractivity (Wildman–Crippen MR) is 121 cm³/mol. The van der Waals surface area contributed by atoms with Crippen molar-refractivity contribution < 1.29 is 17.9 Å². The minimum absolute atomic E-state index is 0.0656. The van der Waals surface area contributed by atoms with Crippen LogP contribution < -0.4 is 10.5 Å². The second-order valence-electron chi connectivity index (χ2n) is 8.34. The highest BCUT2D eigenvalue weighted by Gasteiger charge is 2.31. The summed E-state index contributed by atoms with van der Waals surface area (Å²) in [5, 5.41) is 0.912. The molecule has 0 spiro atoms. The highest BCUT2D eigenvalue weighted by Crippen LogP contribution is 2.37. The van der Waals surface area contributed by atoms with Crippen molar-refractivity contribution in [1.82, 2.24) is 0 Å². The van der Waals surface area contributed by atoms with Gasteiger partial charge < -0.3 is 10.5 Å². The van der Waals surface area contributed by atoms with Crippen LogP contribution in [-0.4, -0.2) is 6.36 Å². The van der Waals surface area contributed by atoms with Gasteiger partial charge in [0.05, 0.1) is 0 Å². The average molecular weight is 468 g/mol. The van der Waals surface area contributed by atoms with E-state index in [1.165, 1.54) is 17.7 Å². The molecular weight excluding hydrogens is 446 g/mol. The molecule has 0 amide bonds. The highest BCUT2D eigenvalue weighted by atomic mass is 35.5. The third-order valence-electron chi connectivity index (χ3n) is 4.91. The van der Waals surface area contributed by atoms with Crippen molar-refractivity contribution >= 4 is 28.9 Å². The molecule has 0 atom stereocenters. The summed E-state index contributed by atoms with van der Waals surface area (Å²) in [6.07, 6.45) is -4.23. The second-order valence-corrected chi connectivity index (χ2v) is 9.15. The Morgan fingerprint density at radius 2 is 1.45 bits per heavy atom. The van der Waals surface area contributed by atoms with E-state index in [4.69, 9.17) is 28.9 Å². The van der Waals surface area contributed by atoms with E-state index in [1.807, 2.05) is 0 Å². The first-order valence-corrected chi connectivity index (χ1v) is 10.3. The van der Waals surface area contributed by atoms with Gasteiger partial charge in [0.15, 0.2) is 0 Å². The molecule has 0 bridgehead atoms.